The van der Waals surface area contributed by atoms with Crippen molar-refractivity contribution in [1.29, 1.82) is 0 Å². The summed E-state index contributed by atoms with van der Waals surface area (Å²) in [5.41, 5.74) is 11.3. The van der Waals surface area contributed by atoms with Gasteiger partial charge in [-0.2, -0.15) is 0 Å². The van der Waals surface area contributed by atoms with Crippen LogP contribution in [0.2, 0.25) is 0 Å². The van der Waals surface area contributed by atoms with Crippen molar-refractivity contribution in [2.45, 2.75) is 71.1 Å². The number of H-pyrrole nitrogens is 2. The van der Waals surface area contributed by atoms with E-state index in [4.69, 9.17) is 10.5 Å². The first-order valence-electron chi connectivity index (χ1n) is 17.3. The van der Waals surface area contributed by atoms with E-state index in [1.807, 2.05) is 31.9 Å². The second kappa shape index (κ2) is 15.1. The van der Waals surface area contributed by atoms with Crippen LogP contribution >= 0.6 is 0 Å². The third-order valence-electron chi connectivity index (χ3n) is 9.83. The predicted molar refractivity (Wildman–Crippen MR) is 187 cm³/mol. The first-order chi connectivity index (χ1) is 23.8. The number of hydrogen-bond acceptors (Lipinski definition) is 7. The molecule has 2 aliphatic heterocycles. The maximum Gasteiger partial charge on any atom is 0.405 e. The van der Waals surface area contributed by atoms with Gasteiger partial charge in [-0.05, 0) is 60.9 Å². The number of imidazole rings is 2. The number of nitrogens with zero attached hydrogens (tertiary/aromatic N) is 4. The number of ether oxygens (including phenoxy) is 1. The van der Waals surface area contributed by atoms with Gasteiger partial charge in [0.05, 0.1) is 42.4 Å². The van der Waals surface area contributed by atoms with Crippen LogP contribution in [0.1, 0.15) is 76.6 Å². The summed E-state index contributed by atoms with van der Waals surface area (Å²) in [5, 5.41) is 3.13. The number of aromatic nitrogens is 4. The van der Waals surface area contributed by atoms with Gasteiger partial charge >= 0.3 is 6.09 Å². The van der Waals surface area contributed by atoms with Crippen LogP contribution in [0.3, 0.4) is 0 Å². The van der Waals surface area contributed by atoms with Gasteiger partial charge in [-0.25, -0.2) is 14.8 Å². The van der Waals surface area contributed by atoms with Crippen molar-refractivity contribution >= 4 is 17.9 Å². The van der Waals surface area contributed by atoms with Crippen LogP contribution in [0, 0.1) is 5.92 Å². The van der Waals surface area contributed by atoms with Crippen molar-refractivity contribution in [3.05, 3.63) is 72.6 Å². The summed E-state index contributed by atoms with van der Waals surface area (Å²) < 4.78 is 5.25. The van der Waals surface area contributed by atoms with Crippen LogP contribution in [-0.2, 0) is 14.3 Å². The number of likely N-dealkylation sites (tertiary alicyclic amines) is 2. The molecule has 49 heavy (non-hydrogen) atoms. The minimum atomic E-state index is -0.942. The number of rotatable bonds is 12. The zero-order valence-corrected chi connectivity index (χ0v) is 28.4. The van der Waals surface area contributed by atoms with Crippen molar-refractivity contribution in [3.63, 3.8) is 0 Å². The standard InChI is InChI=1S/C37H46N8O4/c1-4-23(3)33(49-37(38)48)36(47)45-19-7-9-31(45)35-41-21-29(43-35)27-16-12-25(13-17-27)24-10-14-26(15-11-24)28-20-40-34(42-28)30-8-6-18-44(30)32(46)22-39-5-2/h10-17,20-21,23,30-31,33,39H,4-9,18-19,22H2,1-3H3,(H2,38,48)(H,40,42)(H,41,43)/t23?,30-,31-,33-/m0/s1. The summed E-state index contributed by atoms with van der Waals surface area (Å²) in [6, 6.07) is 16.4. The third-order valence-corrected chi connectivity index (χ3v) is 9.83. The Hall–Kier alpha value is -4.97. The Morgan fingerprint density at radius 2 is 1.33 bits per heavy atom. The molecular weight excluding hydrogens is 620 g/mol. The van der Waals surface area contributed by atoms with E-state index in [1.165, 1.54) is 0 Å². The number of carbonyl (C=O) groups excluding carboxylic acids is 3. The zero-order chi connectivity index (χ0) is 34.5. The van der Waals surface area contributed by atoms with Gasteiger partial charge in [0, 0.05) is 19.0 Å². The molecule has 2 aliphatic rings. The van der Waals surface area contributed by atoms with Crippen LogP contribution in [0.25, 0.3) is 33.6 Å². The molecule has 0 radical (unpaired) electrons. The number of nitrogens with one attached hydrogen (secondary N) is 3. The highest BCUT2D eigenvalue weighted by Crippen LogP contribution is 2.35. The van der Waals surface area contributed by atoms with Crippen LogP contribution in [-0.4, -0.2) is 79.9 Å². The molecular formula is C37H46N8O4. The van der Waals surface area contributed by atoms with Crippen molar-refractivity contribution in [3.8, 4) is 33.6 Å². The van der Waals surface area contributed by atoms with Gasteiger partial charge in [-0.3, -0.25) is 9.59 Å². The number of aromatic amines is 2. The molecule has 2 aromatic carbocycles. The molecule has 6 rings (SSSR count). The minimum absolute atomic E-state index is 0.0203. The molecule has 3 amide bonds. The SMILES string of the molecule is CCNCC(=O)N1CCC[C@H]1c1ncc(-c2ccc(-c3ccc(-c4cnc([C@@H]5CCCN5C(=O)[C@@H](OC(N)=O)C(C)CC)[nH]4)cc3)cc2)[nH]1. The Morgan fingerprint density at radius 3 is 1.82 bits per heavy atom. The lowest BCUT2D eigenvalue weighted by Crippen LogP contribution is -2.45. The van der Waals surface area contributed by atoms with Crippen molar-refractivity contribution in [2.75, 3.05) is 26.2 Å². The molecule has 2 fully saturated rings. The third kappa shape index (κ3) is 7.39. The second-order valence-electron chi connectivity index (χ2n) is 13.0. The quantitative estimate of drug-likeness (QED) is 0.153. The molecule has 258 valence electrons. The summed E-state index contributed by atoms with van der Waals surface area (Å²) >= 11 is 0. The fraction of sp³-hybridized carbons (Fsp3) is 0.432. The molecule has 4 atom stereocenters. The lowest BCUT2D eigenvalue weighted by molar-refractivity contribution is -0.144. The van der Waals surface area contributed by atoms with E-state index in [-0.39, 0.29) is 29.8 Å². The molecule has 1 unspecified atom stereocenters. The van der Waals surface area contributed by atoms with E-state index in [0.29, 0.717) is 25.3 Å². The summed E-state index contributed by atoms with van der Waals surface area (Å²) in [7, 11) is 0. The van der Waals surface area contributed by atoms with Gasteiger partial charge in [0.25, 0.3) is 5.91 Å². The van der Waals surface area contributed by atoms with E-state index < -0.39 is 12.2 Å². The maximum atomic E-state index is 13.5. The summed E-state index contributed by atoms with van der Waals surface area (Å²) in [6.45, 7) is 8.28. The summed E-state index contributed by atoms with van der Waals surface area (Å²) in [5.74, 6) is 1.27. The molecule has 2 aromatic heterocycles. The molecule has 4 aromatic rings. The fourth-order valence-electron chi connectivity index (χ4n) is 6.90. The molecule has 0 aliphatic carbocycles. The number of primary amides is 1. The number of nitrogens with two attached hydrogens (primary N) is 1. The topological polar surface area (TPSA) is 162 Å². The van der Waals surface area contributed by atoms with E-state index in [2.05, 4.69) is 73.8 Å². The van der Waals surface area contributed by atoms with Gasteiger partial charge < -0.3 is 35.6 Å². The normalized spacial score (nSPS) is 18.8. The van der Waals surface area contributed by atoms with E-state index in [9.17, 15) is 14.4 Å². The Morgan fingerprint density at radius 1 is 0.837 bits per heavy atom. The Bertz CT molecular complexity index is 1750. The first-order valence-corrected chi connectivity index (χ1v) is 17.3. The molecule has 5 N–H and O–H groups in total. The summed E-state index contributed by atoms with van der Waals surface area (Å²) in [6.07, 6.45) is 5.96. The number of amides is 3. The minimum Gasteiger partial charge on any atom is -0.436 e. The first kappa shape index (κ1) is 33.9. The van der Waals surface area contributed by atoms with E-state index in [0.717, 1.165) is 78.2 Å². The second-order valence-corrected chi connectivity index (χ2v) is 13.0. The van der Waals surface area contributed by atoms with Crippen LogP contribution in [0.4, 0.5) is 4.79 Å². The molecule has 4 heterocycles. The Kier molecular flexibility index (Phi) is 10.4. The molecule has 12 heteroatoms. The molecule has 0 saturated carbocycles. The van der Waals surface area contributed by atoms with Crippen LogP contribution in [0.5, 0.6) is 0 Å². The predicted octanol–water partition coefficient (Wildman–Crippen LogP) is 5.58. The van der Waals surface area contributed by atoms with Crippen molar-refractivity contribution in [2.24, 2.45) is 11.7 Å². The number of carbonyl (C=O) groups is 3. The lowest BCUT2D eigenvalue weighted by atomic mass is 10.00. The van der Waals surface area contributed by atoms with Crippen LogP contribution in [0.15, 0.2) is 60.9 Å². The molecule has 0 bridgehead atoms. The van der Waals surface area contributed by atoms with E-state index >= 15 is 0 Å². The molecule has 2 saturated heterocycles. The lowest BCUT2D eigenvalue weighted by Gasteiger charge is -2.29. The highest BCUT2D eigenvalue weighted by molar-refractivity contribution is 5.84. The monoisotopic (exact) mass is 666 g/mol. The largest absolute Gasteiger partial charge is 0.436 e. The van der Waals surface area contributed by atoms with Gasteiger partial charge in [0.15, 0.2) is 6.10 Å². The number of hydrogen-bond donors (Lipinski definition) is 4. The Labute approximate surface area is 286 Å². The average Bonchev–Trinajstić information content (AvgIpc) is 3.95. The van der Waals surface area contributed by atoms with Gasteiger partial charge in [-0.15, -0.1) is 0 Å². The van der Waals surface area contributed by atoms with Gasteiger partial charge in [0.1, 0.15) is 11.6 Å². The zero-order valence-electron chi connectivity index (χ0n) is 28.4. The van der Waals surface area contributed by atoms with Crippen molar-refractivity contribution < 1.29 is 19.1 Å². The average molecular weight is 667 g/mol. The van der Waals surface area contributed by atoms with E-state index in [1.54, 1.807) is 11.1 Å². The Balaban J connectivity index is 1.11. The molecule has 12 nitrogen and oxygen atoms in total. The smallest absolute Gasteiger partial charge is 0.405 e. The maximum absolute atomic E-state index is 13.5. The van der Waals surface area contributed by atoms with Crippen molar-refractivity contribution in [1.82, 2.24) is 35.1 Å². The molecule has 0 spiro atoms. The highest BCUT2D eigenvalue weighted by Gasteiger charge is 2.39. The summed E-state index contributed by atoms with van der Waals surface area (Å²) in [4.78, 5) is 57.6. The van der Waals surface area contributed by atoms with Gasteiger partial charge in [0.2, 0.25) is 5.91 Å². The van der Waals surface area contributed by atoms with Gasteiger partial charge in [-0.1, -0.05) is 69.3 Å². The number of likely N-dealkylation sites (N-methyl/N-ethyl adjacent to an activating group) is 1. The highest BCUT2D eigenvalue weighted by atomic mass is 16.6. The number of benzene rings is 2. The van der Waals surface area contributed by atoms with Crippen LogP contribution < -0.4 is 11.1 Å². The fourth-order valence-corrected chi connectivity index (χ4v) is 6.90.